The lowest BCUT2D eigenvalue weighted by Gasteiger charge is -2.30. The number of rotatable bonds is 4. The van der Waals surface area contributed by atoms with E-state index in [0.29, 0.717) is 36.4 Å². The summed E-state index contributed by atoms with van der Waals surface area (Å²) in [7, 11) is 0. The van der Waals surface area contributed by atoms with E-state index in [1.54, 1.807) is 40.7 Å². The summed E-state index contributed by atoms with van der Waals surface area (Å²) >= 11 is 6.12. The lowest BCUT2D eigenvalue weighted by molar-refractivity contribution is 0.0465. The third-order valence-electron chi connectivity index (χ3n) is 4.05. The van der Waals surface area contributed by atoms with Crippen LogP contribution in [0.25, 0.3) is 0 Å². The molecule has 0 aliphatic carbocycles. The molecule has 1 aromatic heterocycles. The first-order chi connectivity index (χ1) is 13.0. The van der Waals surface area contributed by atoms with E-state index in [0.717, 1.165) is 11.4 Å². The van der Waals surface area contributed by atoms with E-state index >= 15 is 0 Å². The molecule has 0 fully saturated rings. The fourth-order valence-electron chi connectivity index (χ4n) is 2.76. The molecule has 1 amide bonds. The van der Waals surface area contributed by atoms with E-state index in [4.69, 9.17) is 25.6 Å². The van der Waals surface area contributed by atoms with Crippen LogP contribution in [0.15, 0.2) is 22.7 Å². The van der Waals surface area contributed by atoms with E-state index in [2.05, 4.69) is 20.4 Å². The summed E-state index contributed by atoms with van der Waals surface area (Å²) in [5.74, 6) is 1.57. The molecule has 0 radical (unpaired) electrons. The lowest BCUT2D eigenvalue weighted by Crippen LogP contribution is -2.44. The molecule has 0 atom stereocenters. The molecule has 1 aliphatic heterocycles. The van der Waals surface area contributed by atoms with Crippen LogP contribution in [0.2, 0.25) is 5.02 Å². The van der Waals surface area contributed by atoms with Gasteiger partial charge in [0.15, 0.2) is 5.82 Å². The lowest BCUT2D eigenvalue weighted by atomic mass is 10.1. The highest BCUT2D eigenvalue weighted by Crippen LogP contribution is 2.34. The molecule has 0 saturated carbocycles. The monoisotopic (exact) mass is 408 g/mol. The van der Waals surface area contributed by atoms with E-state index in [1.807, 2.05) is 12.1 Å². The largest absolute Gasteiger partial charge is 0.490 e. The zero-order valence-corrected chi connectivity index (χ0v) is 17.5. The van der Waals surface area contributed by atoms with Crippen LogP contribution < -0.4 is 15.0 Å². The highest BCUT2D eigenvalue weighted by atomic mass is 35.5. The Balaban J connectivity index is 1.71. The fourth-order valence-corrected chi connectivity index (χ4v) is 2.93. The standard InChI is InChI=1S/C19H25ClN4O4/c1-18(2,3)27-17(25)22-19(4,5)16-21-15(28-23-16)11-24-8-9-26-14-7-6-12(20)10-13(14)24/h6-7,10H,8-9,11H2,1-5H3,(H,22,25). The van der Waals surface area contributed by atoms with Crippen molar-refractivity contribution in [3.63, 3.8) is 0 Å². The second-order valence-corrected chi connectivity index (χ2v) is 8.58. The molecule has 1 aromatic carbocycles. The summed E-state index contributed by atoms with van der Waals surface area (Å²) < 4.78 is 16.4. The third kappa shape index (κ3) is 4.86. The Bertz CT molecular complexity index is 860. The van der Waals surface area contributed by atoms with Crippen LogP contribution in [0.4, 0.5) is 10.5 Å². The van der Waals surface area contributed by atoms with Crippen molar-refractivity contribution in [2.24, 2.45) is 0 Å². The number of benzene rings is 1. The number of halogens is 1. The number of nitrogens with one attached hydrogen (secondary N) is 1. The van der Waals surface area contributed by atoms with Gasteiger partial charge in [0.1, 0.15) is 23.5 Å². The molecular weight excluding hydrogens is 384 g/mol. The average Bonchev–Trinajstić information content (AvgIpc) is 3.02. The fraction of sp³-hybridized carbons (Fsp3) is 0.526. The molecule has 0 unspecified atom stereocenters. The number of hydrogen-bond donors (Lipinski definition) is 1. The van der Waals surface area contributed by atoms with Gasteiger partial charge in [-0.2, -0.15) is 4.98 Å². The number of hydrogen-bond acceptors (Lipinski definition) is 7. The normalized spacial score (nSPS) is 14.3. The summed E-state index contributed by atoms with van der Waals surface area (Å²) in [4.78, 5) is 18.6. The molecule has 1 N–H and O–H groups in total. The summed E-state index contributed by atoms with van der Waals surface area (Å²) in [6.45, 7) is 10.6. The second kappa shape index (κ2) is 7.50. The van der Waals surface area contributed by atoms with Crippen molar-refractivity contribution < 1.29 is 18.8 Å². The van der Waals surface area contributed by atoms with Gasteiger partial charge in [-0.1, -0.05) is 16.8 Å². The van der Waals surface area contributed by atoms with Crippen LogP contribution in [-0.2, 0) is 16.8 Å². The number of alkyl carbamates (subject to hydrolysis) is 1. The van der Waals surface area contributed by atoms with Crippen molar-refractivity contribution in [2.45, 2.75) is 52.3 Å². The number of nitrogens with zero attached hydrogens (tertiary/aromatic N) is 3. The van der Waals surface area contributed by atoms with Gasteiger partial charge in [-0.3, -0.25) is 0 Å². The van der Waals surface area contributed by atoms with Gasteiger partial charge in [-0.25, -0.2) is 4.79 Å². The van der Waals surface area contributed by atoms with Gasteiger partial charge in [0, 0.05) is 5.02 Å². The highest BCUT2D eigenvalue weighted by molar-refractivity contribution is 6.30. The van der Waals surface area contributed by atoms with Crippen molar-refractivity contribution in [1.82, 2.24) is 15.5 Å². The summed E-state index contributed by atoms with van der Waals surface area (Å²) in [6.07, 6.45) is -0.541. The molecule has 3 rings (SSSR count). The Hall–Kier alpha value is -2.48. The maximum Gasteiger partial charge on any atom is 0.408 e. The Morgan fingerprint density at radius 2 is 2.07 bits per heavy atom. The maximum absolute atomic E-state index is 12.1. The van der Waals surface area contributed by atoms with Crippen molar-refractivity contribution in [1.29, 1.82) is 0 Å². The maximum atomic E-state index is 12.1. The zero-order valence-electron chi connectivity index (χ0n) is 16.7. The molecule has 0 spiro atoms. The Morgan fingerprint density at radius 3 is 2.79 bits per heavy atom. The first kappa shape index (κ1) is 20.3. The predicted octanol–water partition coefficient (Wildman–Crippen LogP) is 3.88. The molecule has 152 valence electrons. The van der Waals surface area contributed by atoms with Gasteiger partial charge in [0.25, 0.3) is 0 Å². The third-order valence-corrected chi connectivity index (χ3v) is 4.28. The van der Waals surface area contributed by atoms with Crippen LogP contribution in [0.3, 0.4) is 0 Å². The smallest absolute Gasteiger partial charge is 0.408 e. The van der Waals surface area contributed by atoms with Crippen molar-refractivity contribution in [2.75, 3.05) is 18.1 Å². The number of amides is 1. The van der Waals surface area contributed by atoms with E-state index in [1.165, 1.54) is 0 Å². The van der Waals surface area contributed by atoms with Crippen molar-refractivity contribution >= 4 is 23.4 Å². The van der Waals surface area contributed by atoms with Gasteiger partial charge < -0.3 is 24.2 Å². The molecule has 9 heteroatoms. The Labute approximate surface area is 169 Å². The molecule has 28 heavy (non-hydrogen) atoms. The summed E-state index contributed by atoms with van der Waals surface area (Å²) in [5, 5.41) is 7.44. The minimum Gasteiger partial charge on any atom is -0.490 e. The second-order valence-electron chi connectivity index (χ2n) is 8.15. The minimum absolute atomic E-state index is 0.368. The SMILES string of the molecule is CC(C)(C)OC(=O)NC(C)(C)c1noc(CN2CCOc3ccc(Cl)cc32)n1. The minimum atomic E-state index is -0.851. The topological polar surface area (TPSA) is 89.7 Å². The van der Waals surface area contributed by atoms with Crippen LogP contribution in [0, 0.1) is 0 Å². The van der Waals surface area contributed by atoms with Crippen LogP contribution in [0.1, 0.15) is 46.3 Å². The Kier molecular flexibility index (Phi) is 5.43. The number of anilines is 1. The summed E-state index contributed by atoms with van der Waals surface area (Å²) in [5.41, 5.74) is -0.561. The molecule has 0 saturated heterocycles. The molecule has 2 aromatic rings. The molecule has 2 heterocycles. The number of fused-ring (bicyclic) bond motifs is 1. The molecular formula is C19H25ClN4O4. The average molecular weight is 409 g/mol. The van der Waals surface area contributed by atoms with Crippen LogP contribution in [-0.4, -0.2) is 35.0 Å². The predicted molar refractivity (Wildman–Crippen MR) is 105 cm³/mol. The van der Waals surface area contributed by atoms with Gasteiger partial charge in [-0.15, -0.1) is 0 Å². The molecule has 1 aliphatic rings. The van der Waals surface area contributed by atoms with E-state index in [9.17, 15) is 4.79 Å². The van der Waals surface area contributed by atoms with E-state index < -0.39 is 17.2 Å². The van der Waals surface area contributed by atoms with Gasteiger partial charge >= 0.3 is 6.09 Å². The number of carbonyl (C=O) groups is 1. The van der Waals surface area contributed by atoms with Crippen LogP contribution in [0.5, 0.6) is 5.75 Å². The van der Waals surface area contributed by atoms with E-state index in [-0.39, 0.29) is 0 Å². The quantitative estimate of drug-likeness (QED) is 0.820. The molecule has 0 bridgehead atoms. The number of carbonyl (C=O) groups excluding carboxylic acids is 1. The zero-order chi connectivity index (χ0) is 20.5. The van der Waals surface area contributed by atoms with Crippen LogP contribution >= 0.6 is 11.6 Å². The van der Waals surface area contributed by atoms with Gasteiger partial charge in [-0.05, 0) is 52.8 Å². The molecule has 8 nitrogen and oxygen atoms in total. The van der Waals surface area contributed by atoms with Crippen molar-refractivity contribution in [3.05, 3.63) is 34.9 Å². The van der Waals surface area contributed by atoms with Gasteiger partial charge in [0.05, 0.1) is 18.8 Å². The summed E-state index contributed by atoms with van der Waals surface area (Å²) in [6, 6.07) is 5.48. The van der Waals surface area contributed by atoms with Crippen molar-refractivity contribution in [3.8, 4) is 5.75 Å². The van der Waals surface area contributed by atoms with Gasteiger partial charge in [0.2, 0.25) is 5.89 Å². The Morgan fingerprint density at radius 1 is 1.32 bits per heavy atom. The number of aromatic nitrogens is 2. The number of ether oxygens (including phenoxy) is 2. The first-order valence-corrected chi connectivity index (χ1v) is 9.43. The first-order valence-electron chi connectivity index (χ1n) is 9.05. The highest BCUT2D eigenvalue weighted by Gasteiger charge is 2.31.